The molecule has 1 aromatic carbocycles. The smallest absolute Gasteiger partial charge is 0.237 e. The number of pyridine rings is 2. The number of rotatable bonds is 7. The van der Waals surface area contributed by atoms with E-state index in [0.717, 1.165) is 19.3 Å². The molecule has 0 unspecified atom stereocenters. The Morgan fingerprint density at radius 1 is 1.23 bits per heavy atom. The second kappa shape index (κ2) is 9.37. The van der Waals surface area contributed by atoms with Gasteiger partial charge in [-0.3, -0.25) is 4.98 Å². The first-order chi connectivity index (χ1) is 19.0. The number of fused-ring (bicyclic) bond motifs is 1. The van der Waals surface area contributed by atoms with Gasteiger partial charge < -0.3 is 10.6 Å². The average molecular weight is 563 g/mol. The number of aromatic nitrogens is 5. The maximum absolute atomic E-state index is 16.0. The van der Waals surface area contributed by atoms with E-state index in [4.69, 9.17) is 11.6 Å². The Bertz CT molecular complexity index is 1670. The third kappa shape index (κ3) is 4.42. The highest BCUT2D eigenvalue weighted by molar-refractivity contribution is 6.35. The van der Waals surface area contributed by atoms with E-state index in [2.05, 4.69) is 57.8 Å². The van der Waals surface area contributed by atoms with Crippen LogP contribution in [-0.2, 0) is 5.54 Å². The first kappa shape index (κ1) is 26.4. The van der Waals surface area contributed by atoms with Gasteiger partial charge in [0.2, 0.25) is 11.9 Å². The zero-order valence-corrected chi connectivity index (χ0v) is 23.4. The number of benzene rings is 1. The fraction of sp³-hybridized carbons (Fsp3) is 0.414. The highest BCUT2D eigenvalue weighted by atomic mass is 35.5. The third-order valence-corrected chi connectivity index (χ3v) is 8.21. The molecule has 4 aromatic rings. The lowest BCUT2D eigenvalue weighted by Gasteiger charge is -2.60. The van der Waals surface area contributed by atoms with Gasteiger partial charge in [-0.25, -0.2) is 9.67 Å². The maximum atomic E-state index is 16.0. The SMILES string of the molecule is Cc1nc(F)ccc1[C@H](Nc1cc(Cl)c2ncc(C#N)c(NCC(C)(C)C)c2c1)c1nnn(C23CC(C2)C3)c1F. The van der Waals surface area contributed by atoms with Crippen LogP contribution in [0.15, 0.2) is 30.5 Å². The zero-order valence-electron chi connectivity index (χ0n) is 22.7. The largest absolute Gasteiger partial charge is 0.383 e. The van der Waals surface area contributed by atoms with Gasteiger partial charge in [0.25, 0.3) is 0 Å². The van der Waals surface area contributed by atoms with Crippen LogP contribution in [0.1, 0.15) is 68.6 Å². The number of anilines is 2. The van der Waals surface area contributed by atoms with Gasteiger partial charge in [-0.15, -0.1) is 5.10 Å². The summed E-state index contributed by atoms with van der Waals surface area (Å²) < 4.78 is 31.3. The minimum atomic E-state index is -0.833. The Labute approximate surface area is 235 Å². The molecule has 206 valence electrons. The molecule has 0 saturated heterocycles. The molecule has 3 saturated carbocycles. The van der Waals surface area contributed by atoms with Crippen LogP contribution in [0.5, 0.6) is 0 Å². The van der Waals surface area contributed by atoms with Crippen LogP contribution >= 0.6 is 11.6 Å². The molecule has 0 amide bonds. The van der Waals surface area contributed by atoms with Crippen LogP contribution < -0.4 is 10.6 Å². The predicted molar refractivity (Wildman–Crippen MR) is 149 cm³/mol. The van der Waals surface area contributed by atoms with Crippen molar-refractivity contribution in [2.24, 2.45) is 11.3 Å². The molecule has 7 rings (SSSR count). The number of aryl methyl sites for hydroxylation is 1. The summed E-state index contributed by atoms with van der Waals surface area (Å²) in [7, 11) is 0. The number of nitrogens with zero attached hydrogens (tertiary/aromatic N) is 6. The zero-order chi connectivity index (χ0) is 28.4. The highest BCUT2D eigenvalue weighted by Gasteiger charge is 2.60. The Hall–Kier alpha value is -3.84. The Morgan fingerprint density at radius 2 is 1.98 bits per heavy atom. The van der Waals surface area contributed by atoms with Crippen LogP contribution in [0.2, 0.25) is 5.02 Å². The van der Waals surface area contributed by atoms with Gasteiger partial charge >= 0.3 is 0 Å². The van der Waals surface area contributed by atoms with Crippen molar-refractivity contribution in [1.29, 1.82) is 5.26 Å². The van der Waals surface area contributed by atoms with Crippen molar-refractivity contribution in [3.63, 3.8) is 0 Å². The molecule has 2 bridgehead atoms. The Morgan fingerprint density at radius 3 is 2.60 bits per heavy atom. The molecule has 2 N–H and O–H groups in total. The summed E-state index contributed by atoms with van der Waals surface area (Å²) >= 11 is 6.69. The summed E-state index contributed by atoms with van der Waals surface area (Å²) in [5.41, 5.74) is 2.76. The molecule has 11 heteroatoms. The van der Waals surface area contributed by atoms with Gasteiger partial charge in [-0.05, 0) is 55.7 Å². The van der Waals surface area contributed by atoms with E-state index in [-0.39, 0.29) is 16.6 Å². The number of hydrogen-bond donors (Lipinski definition) is 2. The van der Waals surface area contributed by atoms with Crippen molar-refractivity contribution in [2.45, 2.75) is 58.5 Å². The number of nitrogens with one attached hydrogen (secondary N) is 2. The first-order valence-corrected chi connectivity index (χ1v) is 13.6. The molecule has 0 aliphatic heterocycles. The fourth-order valence-electron chi connectivity index (χ4n) is 5.73. The van der Waals surface area contributed by atoms with Crippen LogP contribution in [0.4, 0.5) is 20.2 Å². The Balaban J connectivity index is 1.45. The summed E-state index contributed by atoms with van der Waals surface area (Å²) in [5, 5.41) is 26.0. The molecule has 3 fully saturated rings. The molecule has 3 aliphatic rings. The number of nitriles is 1. The van der Waals surface area contributed by atoms with Crippen LogP contribution in [-0.4, -0.2) is 31.5 Å². The van der Waals surface area contributed by atoms with Crippen LogP contribution in [0.25, 0.3) is 10.9 Å². The topological polar surface area (TPSA) is 104 Å². The van der Waals surface area contributed by atoms with Gasteiger partial charge in [-0.2, -0.15) is 14.0 Å². The number of halogens is 3. The second-order valence-electron chi connectivity index (χ2n) is 12.2. The monoisotopic (exact) mass is 562 g/mol. The van der Waals surface area contributed by atoms with Gasteiger partial charge in [0.05, 0.1) is 27.3 Å². The lowest BCUT2D eigenvalue weighted by molar-refractivity contribution is -0.106. The molecule has 3 aliphatic carbocycles. The van der Waals surface area contributed by atoms with E-state index in [0.29, 0.717) is 56.6 Å². The summed E-state index contributed by atoms with van der Waals surface area (Å²) in [5.74, 6) is -0.513. The third-order valence-electron chi connectivity index (χ3n) is 7.92. The van der Waals surface area contributed by atoms with E-state index in [1.165, 1.54) is 16.9 Å². The predicted octanol–water partition coefficient (Wildman–Crippen LogP) is 6.50. The van der Waals surface area contributed by atoms with Crippen molar-refractivity contribution < 1.29 is 8.78 Å². The maximum Gasteiger partial charge on any atom is 0.237 e. The van der Waals surface area contributed by atoms with Crippen molar-refractivity contribution in [1.82, 2.24) is 25.0 Å². The molecule has 0 spiro atoms. The lowest BCUT2D eigenvalue weighted by atomic mass is 9.50. The van der Waals surface area contributed by atoms with E-state index >= 15 is 4.39 Å². The summed E-state index contributed by atoms with van der Waals surface area (Å²) in [6.07, 6.45) is 4.21. The van der Waals surface area contributed by atoms with Gasteiger partial charge in [0.1, 0.15) is 17.8 Å². The summed E-state index contributed by atoms with van der Waals surface area (Å²) in [6, 6.07) is 7.70. The number of hydrogen-bond acceptors (Lipinski definition) is 7. The van der Waals surface area contributed by atoms with Gasteiger partial charge in [-0.1, -0.05) is 43.7 Å². The van der Waals surface area contributed by atoms with Crippen molar-refractivity contribution in [3.05, 3.63) is 69.9 Å². The van der Waals surface area contributed by atoms with Crippen molar-refractivity contribution >= 4 is 33.9 Å². The van der Waals surface area contributed by atoms with Crippen molar-refractivity contribution in [2.75, 3.05) is 17.2 Å². The van der Waals surface area contributed by atoms with E-state index in [1.54, 1.807) is 19.1 Å². The van der Waals surface area contributed by atoms with Crippen LogP contribution in [0, 0.1) is 41.5 Å². The molecule has 8 nitrogen and oxygen atoms in total. The molecule has 0 radical (unpaired) electrons. The second-order valence-corrected chi connectivity index (χ2v) is 12.6. The highest BCUT2D eigenvalue weighted by Crippen LogP contribution is 2.62. The minimum absolute atomic E-state index is 0.0517. The lowest BCUT2D eigenvalue weighted by Crippen LogP contribution is -2.60. The Kier molecular flexibility index (Phi) is 6.18. The van der Waals surface area contributed by atoms with E-state index in [1.807, 2.05) is 6.07 Å². The van der Waals surface area contributed by atoms with Gasteiger partial charge in [0, 0.05) is 35.1 Å². The summed E-state index contributed by atoms with van der Waals surface area (Å²) in [4.78, 5) is 8.39. The molecular formula is C29H29ClF2N8. The average Bonchev–Trinajstić information content (AvgIpc) is 3.19. The van der Waals surface area contributed by atoms with Crippen molar-refractivity contribution in [3.8, 4) is 6.07 Å². The quantitative estimate of drug-likeness (QED) is 0.248. The molecular weight excluding hydrogens is 534 g/mol. The van der Waals surface area contributed by atoms with E-state index < -0.39 is 17.9 Å². The van der Waals surface area contributed by atoms with Gasteiger partial charge in [0.15, 0.2) is 0 Å². The minimum Gasteiger partial charge on any atom is -0.383 e. The van der Waals surface area contributed by atoms with E-state index in [9.17, 15) is 9.65 Å². The normalized spacial score (nSPS) is 20.4. The standard InChI is InChI=1S/C29H29ClF2N8/c1-15-19(5-6-22(31)36-15)25(26-27(32)40(39-38-26)29-9-16(10-29)11-29)37-18-7-20-23(35-14-28(2,3)4)17(12-33)13-34-24(20)21(30)8-18/h5-8,13,16,25,37H,9-11,14H2,1-4H3,(H,34,35)/t16?,25-,29?/m0/s1. The molecule has 1 atom stereocenters. The molecule has 3 heterocycles. The van der Waals surface area contributed by atoms with Crippen LogP contribution in [0.3, 0.4) is 0 Å². The molecule has 40 heavy (non-hydrogen) atoms. The fourth-order valence-corrected chi connectivity index (χ4v) is 6.00. The molecule has 3 aromatic heterocycles. The summed E-state index contributed by atoms with van der Waals surface area (Å²) in [6.45, 7) is 8.55. The first-order valence-electron chi connectivity index (χ1n) is 13.3.